The maximum Gasteiger partial charge on any atom is 0.303 e. The minimum Gasteiger partial charge on any atom is -0.550 e. The van der Waals surface area contributed by atoms with Gasteiger partial charge in [0.2, 0.25) is 0 Å². The van der Waals surface area contributed by atoms with Gasteiger partial charge in [-0.05, 0) is 77.0 Å². The van der Waals surface area contributed by atoms with Crippen LogP contribution in [-0.2, 0) is 14.4 Å². The molecule has 0 aromatic heterocycles. The Kier molecular flexibility index (Phi) is 29.8. The van der Waals surface area contributed by atoms with Crippen LogP contribution in [0.15, 0.2) is 12.2 Å². The number of allylic oxidation sites excluding steroid dienone is 2. The van der Waals surface area contributed by atoms with Gasteiger partial charge in [0, 0.05) is 18.8 Å². The minimum absolute atomic E-state index is 0.0651. The summed E-state index contributed by atoms with van der Waals surface area (Å²) in [5.74, 6) is -2.56. The van der Waals surface area contributed by atoms with Crippen LogP contribution in [0.1, 0.15) is 180 Å². The Balaban J connectivity index is 4.21. The third-order valence-electron chi connectivity index (χ3n) is 8.97. The molecule has 0 unspecified atom stereocenters. The van der Waals surface area contributed by atoms with Crippen molar-refractivity contribution >= 4 is 17.9 Å². The molecule has 0 aromatic carbocycles. The number of nitrogens with zero attached hydrogens (tertiary/aromatic N) is 1. The van der Waals surface area contributed by atoms with E-state index in [-0.39, 0.29) is 19.3 Å². The fourth-order valence-electron chi connectivity index (χ4n) is 6.30. The van der Waals surface area contributed by atoms with E-state index in [1.165, 1.54) is 103 Å². The van der Waals surface area contributed by atoms with Crippen LogP contribution in [0.4, 0.5) is 0 Å². The average molecular weight is 624 g/mol. The minimum atomic E-state index is -1.02. The number of carboxylic acid groups (broad SMARTS) is 3. The van der Waals surface area contributed by atoms with Crippen molar-refractivity contribution in [1.29, 1.82) is 0 Å². The quantitative estimate of drug-likeness (QED) is 0.0414. The summed E-state index contributed by atoms with van der Waals surface area (Å²) in [4.78, 5) is 32.9. The van der Waals surface area contributed by atoms with E-state index in [0.29, 0.717) is 19.3 Å². The molecule has 0 saturated carbocycles. The summed E-state index contributed by atoms with van der Waals surface area (Å²) >= 11 is 0. The van der Waals surface area contributed by atoms with Gasteiger partial charge in [0.25, 0.3) is 0 Å². The van der Waals surface area contributed by atoms with Gasteiger partial charge >= 0.3 is 11.9 Å². The molecule has 0 saturated heterocycles. The molecular formula is C37H69NO6. The lowest BCUT2D eigenvalue weighted by Gasteiger charge is -2.39. The van der Waals surface area contributed by atoms with Crippen LogP contribution in [0, 0.1) is 0 Å². The number of carbonyl (C=O) groups is 3. The summed E-state index contributed by atoms with van der Waals surface area (Å²) in [6, 6.07) is 0. The SMILES string of the molecule is CC/C=C/CCCCCCCCCCCCCCCCCC[N+](CCCCC(=O)[O-])(CCCCC(=O)O)CCCCC(=O)O. The molecule has 0 radical (unpaired) electrons. The highest BCUT2D eigenvalue weighted by atomic mass is 16.4. The Hall–Kier alpha value is -1.89. The zero-order chi connectivity index (χ0) is 32.6. The van der Waals surface area contributed by atoms with E-state index in [0.717, 1.165) is 62.8 Å². The maximum absolute atomic E-state index is 11.0. The number of unbranched alkanes of at least 4 members (excludes halogenated alkanes) is 19. The fraction of sp³-hybridized carbons (Fsp3) is 0.865. The molecule has 0 aliphatic heterocycles. The first kappa shape index (κ1) is 42.1. The number of carbonyl (C=O) groups excluding carboxylic acids is 1. The van der Waals surface area contributed by atoms with Crippen molar-refractivity contribution in [2.45, 2.75) is 180 Å². The number of carboxylic acids is 3. The van der Waals surface area contributed by atoms with E-state index < -0.39 is 17.9 Å². The van der Waals surface area contributed by atoms with E-state index in [9.17, 15) is 19.5 Å². The molecule has 0 aliphatic carbocycles. The lowest BCUT2D eigenvalue weighted by atomic mass is 10.0. The zero-order valence-corrected chi connectivity index (χ0v) is 28.5. The Labute approximate surface area is 270 Å². The first-order valence-electron chi connectivity index (χ1n) is 18.4. The van der Waals surface area contributed by atoms with E-state index >= 15 is 0 Å². The standard InChI is InChI=1S/C37H69NO6/c1-2-3-4-5-6-7-8-9-10-11-12-13-14-15-16-17-18-19-20-24-31-38(32-25-21-28-35(39)40,33-26-22-29-36(41)42)34-27-23-30-37(43)44/h3-4H,2,5-34H2,1H3,(H2-,39,40,41,42,43,44)/b4-3+. The molecule has 0 spiro atoms. The molecule has 0 aliphatic rings. The predicted molar refractivity (Wildman–Crippen MR) is 179 cm³/mol. The smallest absolute Gasteiger partial charge is 0.303 e. The summed E-state index contributed by atoms with van der Waals surface area (Å²) in [5, 5.41) is 29.0. The molecular weight excluding hydrogens is 554 g/mol. The summed E-state index contributed by atoms with van der Waals surface area (Å²) in [5.41, 5.74) is 0. The van der Waals surface area contributed by atoms with Gasteiger partial charge in [-0.1, -0.05) is 103 Å². The van der Waals surface area contributed by atoms with Crippen LogP contribution >= 0.6 is 0 Å². The van der Waals surface area contributed by atoms with Crippen LogP contribution in [0.25, 0.3) is 0 Å². The van der Waals surface area contributed by atoms with Crippen molar-refractivity contribution in [2.24, 2.45) is 0 Å². The Bertz CT molecular complexity index is 668. The van der Waals surface area contributed by atoms with Crippen molar-refractivity contribution in [3.8, 4) is 0 Å². The first-order valence-corrected chi connectivity index (χ1v) is 18.4. The summed E-state index contributed by atoms with van der Waals surface area (Å²) in [7, 11) is 0. The lowest BCUT2D eigenvalue weighted by molar-refractivity contribution is -0.929. The van der Waals surface area contributed by atoms with E-state index in [2.05, 4.69) is 19.1 Å². The molecule has 0 bridgehead atoms. The van der Waals surface area contributed by atoms with E-state index in [1.54, 1.807) is 0 Å². The number of hydrogen-bond donors (Lipinski definition) is 2. The molecule has 0 heterocycles. The molecule has 0 aromatic rings. The van der Waals surface area contributed by atoms with Gasteiger partial charge < -0.3 is 24.6 Å². The van der Waals surface area contributed by atoms with Crippen LogP contribution in [0.3, 0.4) is 0 Å². The third-order valence-corrected chi connectivity index (χ3v) is 8.97. The van der Waals surface area contributed by atoms with Gasteiger partial charge in [0.15, 0.2) is 0 Å². The molecule has 2 N–H and O–H groups in total. The Morgan fingerprint density at radius 3 is 1.14 bits per heavy atom. The number of quaternary nitrogens is 1. The predicted octanol–water partition coefficient (Wildman–Crippen LogP) is 8.83. The molecule has 0 amide bonds. The van der Waals surface area contributed by atoms with Crippen molar-refractivity contribution in [3.05, 3.63) is 12.2 Å². The summed E-state index contributed by atoms with van der Waals surface area (Å²) in [6.45, 7) is 5.81. The Morgan fingerprint density at radius 1 is 0.477 bits per heavy atom. The summed E-state index contributed by atoms with van der Waals surface area (Å²) < 4.78 is 0.850. The van der Waals surface area contributed by atoms with Crippen LogP contribution in [0.2, 0.25) is 0 Å². The van der Waals surface area contributed by atoms with E-state index in [1.807, 2.05) is 0 Å². The van der Waals surface area contributed by atoms with Crippen LogP contribution in [0.5, 0.6) is 0 Å². The topological polar surface area (TPSA) is 115 Å². The van der Waals surface area contributed by atoms with E-state index in [4.69, 9.17) is 10.2 Å². The molecule has 0 atom stereocenters. The van der Waals surface area contributed by atoms with Crippen molar-refractivity contribution in [2.75, 3.05) is 26.2 Å². The van der Waals surface area contributed by atoms with Gasteiger partial charge in [0.1, 0.15) is 0 Å². The molecule has 0 fully saturated rings. The van der Waals surface area contributed by atoms with Crippen LogP contribution < -0.4 is 5.11 Å². The molecule has 7 heteroatoms. The highest BCUT2D eigenvalue weighted by molar-refractivity contribution is 5.66. The highest BCUT2D eigenvalue weighted by Gasteiger charge is 2.26. The second kappa shape index (κ2) is 31.1. The fourth-order valence-corrected chi connectivity index (χ4v) is 6.30. The lowest BCUT2D eigenvalue weighted by Crippen LogP contribution is -2.51. The third kappa shape index (κ3) is 30.1. The van der Waals surface area contributed by atoms with Gasteiger partial charge in [-0.3, -0.25) is 9.59 Å². The van der Waals surface area contributed by atoms with Gasteiger partial charge in [-0.15, -0.1) is 0 Å². The average Bonchev–Trinajstić information content (AvgIpc) is 2.98. The molecule has 0 rings (SSSR count). The molecule has 44 heavy (non-hydrogen) atoms. The zero-order valence-electron chi connectivity index (χ0n) is 28.5. The second-order valence-electron chi connectivity index (χ2n) is 13.1. The number of aliphatic carboxylic acids is 3. The Morgan fingerprint density at radius 2 is 0.795 bits per heavy atom. The summed E-state index contributed by atoms with van der Waals surface area (Å²) in [6.07, 6.45) is 32.9. The monoisotopic (exact) mass is 624 g/mol. The van der Waals surface area contributed by atoms with Gasteiger partial charge in [-0.25, -0.2) is 0 Å². The number of hydrogen-bond acceptors (Lipinski definition) is 4. The van der Waals surface area contributed by atoms with Gasteiger partial charge in [0.05, 0.1) is 26.2 Å². The number of rotatable bonds is 35. The van der Waals surface area contributed by atoms with Gasteiger partial charge in [-0.2, -0.15) is 0 Å². The second-order valence-corrected chi connectivity index (χ2v) is 13.1. The highest BCUT2D eigenvalue weighted by Crippen LogP contribution is 2.20. The normalized spacial score (nSPS) is 11.8. The largest absolute Gasteiger partial charge is 0.550 e. The van der Waals surface area contributed by atoms with Crippen molar-refractivity contribution in [3.63, 3.8) is 0 Å². The molecule has 7 nitrogen and oxygen atoms in total. The van der Waals surface area contributed by atoms with Crippen molar-refractivity contribution in [1.82, 2.24) is 0 Å². The van der Waals surface area contributed by atoms with Crippen LogP contribution in [-0.4, -0.2) is 58.8 Å². The van der Waals surface area contributed by atoms with Crippen molar-refractivity contribution < 1.29 is 34.2 Å². The molecule has 258 valence electrons. The maximum atomic E-state index is 11.0. The first-order chi connectivity index (χ1) is 21.3.